The van der Waals surface area contributed by atoms with Crippen LogP contribution in [0.3, 0.4) is 0 Å². The van der Waals surface area contributed by atoms with Gasteiger partial charge in [-0.2, -0.15) is 5.10 Å². The summed E-state index contributed by atoms with van der Waals surface area (Å²) in [4.78, 5) is 26.4. The van der Waals surface area contributed by atoms with Crippen LogP contribution in [0.2, 0.25) is 0 Å². The lowest BCUT2D eigenvalue weighted by atomic mass is 10.1. The van der Waals surface area contributed by atoms with Crippen molar-refractivity contribution < 1.29 is 14.7 Å². The van der Waals surface area contributed by atoms with Gasteiger partial charge in [-0.15, -0.1) is 0 Å². The second-order valence-corrected chi connectivity index (χ2v) is 4.35. The van der Waals surface area contributed by atoms with E-state index < -0.39 is 17.4 Å². The molecule has 0 spiro atoms. The molecule has 7 nitrogen and oxygen atoms in total. The molecule has 1 saturated carbocycles. The SMILES string of the molecule is CC(C(=O)NCC1(C(=O)O)CC1)n1cncn1. The molecule has 1 aliphatic rings. The maximum Gasteiger partial charge on any atom is 0.311 e. The zero-order valence-corrected chi connectivity index (χ0v) is 9.46. The third-order valence-corrected chi connectivity index (χ3v) is 3.12. The van der Waals surface area contributed by atoms with Gasteiger partial charge in [-0.1, -0.05) is 0 Å². The Bertz CT molecular complexity index is 425. The van der Waals surface area contributed by atoms with Gasteiger partial charge in [-0.3, -0.25) is 9.59 Å². The second kappa shape index (κ2) is 4.15. The fraction of sp³-hybridized carbons (Fsp3) is 0.600. The van der Waals surface area contributed by atoms with Gasteiger partial charge in [0.25, 0.3) is 0 Å². The largest absolute Gasteiger partial charge is 0.481 e. The van der Waals surface area contributed by atoms with E-state index in [2.05, 4.69) is 15.4 Å². The number of carbonyl (C=O) groups excluding carboxylic acids is 1. The van der Waals surface area contributed by atoms with E-state index in [1.807, 2.05) is 0 Å². The molecule has 1 atom stereocenters. The molecule has 2 N–H and O–H groups in total. The monoisotopic (exact) mass is 238 g/mol. The molecule has 0 radical (unpaired) electrons. The molecule has 1 unspecified atom stereocenters. The zero-order chi connectivity index (χ0) is 12.5. The zero-order valence-electron chi connectivity index (χ0n) is 9.46. The van der Waals surface area contributed by atoms with E-state index in [1.165, 1.54) is 17.3 Å². The summed E-state index contributed by atoms with van der Waals surface area (Å²) in [6.07, 6.45) is 4.05. The van der Waals surface area contributed by atoms with Gasteiger partial charge in [0.15, 0.2) is 0 Å². The van der Waals surface area contributed by atoms with E-state index in [-0.39, 0.29) is 12.5 Å². The molecular weight excluding hydrogens is 224 g/mol. The minimum atomic E-state index is -0.841. The number of carboxylic acid groups (broad SMARTS) is 1. The van der Waals surface area contributed by atoms with E-state index >= 15 is 0 Å². The van der Waals surface area contributed by atoms with Gasteiger partial charge in [0.2, 0.25) is 5.91 Å². The number of amides is 1. The number of nitrogens with zero attached hydrogens (tertiary/aromatic N) is 3. The molecule has 0 bridgehead atoms. The summed E-state index contributed by atoms with van der Waals surface area (Å²) in [6.45, 7) is 1.87. The Balaban J connectivity index is 1.88. The van der Waals surface area contributed by atoms with Crippen LogP contribution >= 0.6 is 0 Å². The molecule has 1 aromatic heterocycles. The van der Waals surface area contributed by atoms with Crippen molar-refractivity contribution in [3.8, 4) is 0 Å². The summed E-state index contributed by atoms with van der Waals surface area (Å²) in [5.74, 6) is -1.09. The third kappa shape index (κ3) is 2.27. The van der Waals surface area contributed by atoms with Gasteiger partial charge in [0.05, 0.1) is 5.41 Å². The minimum Gasteiger partial charge on any atom is -0.481 e. The lowest BCUT2D eigenvalue weighted by molar-refractivity contribution is -0.143. The number of hydrogen-bond acceptors (Lipinski definition) is 4. The Labute approximate surface area is 97.8 Å². The average molecular weight is 238 g/mol. The fourth-order valence-electron chi connectivity index (χ4n) is 1.56. The number of rotatable bonds is 5. The lowest BCUT2D eigenvalue weighted by Crippen LogP contribution is -2.37. The lowest BCUT2D eigenvalue weighted by Gasteiger charge is -2.15. The van der Waals surface area contributed by atoms with Crippen molar-refractivity contribution in [1.29, 1.82) is 0 Å². The first-order valence-corrected chi connectivity index (χ1v) is 5.40. The molecule has 0 aliphatic heterocycles. The summed E-state index contributed by atoms with van der Waals surface area (Å²) < 4.78 is 1.43. The van der Waals surface area contributed by atoms with Crippen molar-refractivity contribution in [3.63, 3.8) is 0 Å². The topological polar surface area (TPSA) is 97.1 Å². The van der Waals surface area contributed by atoms with Crippen LogP contribution in [-0.4, -0.2) is 38.3 Å². The number of aliphatic carboxylic acids is 1. The second-order valence-electron chi connectivity index (χ2n) is 4.35. The standard InChI is InChI=1S/C10H14N4O3/c1-7(14-6-11-5-13-14)8(15)12-4-10(2-3-10)9(16)17/h5-7H,2-4H2,1H3,(H,12,15)(H,16,17). The average Bonchev–Trinajstić information content (AvgIpc) is 2.91. The van der Waals surface area contributed by atoms with Crippen LogP contribution in [0.15, 0.2) is 12.7 Å². The highest BCUT2D eigenvalue weighted by molar-refractivity contribution is 5.82. The number of aromatic nitrogens is 3. The van der Waals surface area contributed by atoms with Crippen LogP contribution in [0.4, 0.5) is 0 Å². The third-order valence-electron chi connectivity index (χ3n) is 3.12. The Kier molecular flexibility index (Phi) is 2.83. The van der Waals surface area contributed by atoms with Gasteiger partial charge < -0.3 is 10.4 Å². The van der Waals surface area contributed by atoms with Crippen molar-refractivity contribution in [2.75, 3.05) is 6.54 Å². The molecule has 92 valence electrons. The van der Waals surface area contributed by atoms with Gasteiger partial charge in [0.1, 0.15) is 18.7 Å². The predicted octanol–water partition coefficient (Wildman–Crippen LogP) is -0.180. The first-order valence-electron chi connectivity index (χ1n) is 5.40. The molecule has 7 heteroatoms. The van der Waals surface area contributed by atoms with Crippen molar-refractivity contribution in [3.05, 3.63) is 12.7 Å². The van der Waals surface area contributed by atoms with Crippen molar-refractivity contribution in [2.45, 2.75) is 25.8 Å². The highest BCUT2D eigenvalue weighted by Gasteiger charge is 2.50. The molecule has 17 heavy (non-hydrogen) atoms. The maximum absolute atomic E-state index is 11.7. The van der Waals surface area contributed by atoms with Gasteiger partial charge in [0, 0.05) is 6.54 Å². The number of nitrogens with one attached hydrogen (secondary N) is 1. The highest BCUT2D eigenvalue weighted by atomic mass is 16.4. The molecule has 0 saturated heterocycles. The van der Waals surface area contributed by atoms with Gasteiger partial charge in [-0.25, -0.2) is 9.67 Å². The molecule has 1 aromatic rings. The Morgan fingerprint density at radius 1 is 1.59 bits per heavy atom. The smallest absolute Gasteiger partial charge is 0.311 e. The van der Waals surface area contributed by atoms with Crippen LogP contribution in [0.25, 0.3) is 0 Å². The van der Waals surface area contributed by atoms with Crippen molar-refractivity contribution in [2.24, 2.45) is 5.41 Å². The predicted molar refractivity (Wildman–Crippen MR) is 57.0 cm³/mol. The van der Waals surface area contributed by atoms with E-state index in [1.54, 1.807) is 6.92 Å². The van der Waals surface area contributed by atoms with E-state index in [9.17, 15) is 9.59 Å². The first-order chi connectivity index (χ1) is 8.05. The Morgan fingerprint density at radius 2 is 2.29 bits per heavy atom. The quantitative estimate of drug-likeness (QED) is 0.741. The van der Waals surface area contributed by atoms with Crippen molar-refractivity contribution >= 4 is 11.9 Å². The summed E-state index contributed by atoms with van der Waals surface area (Å²) >= 11 is 0. The Morgan fingerprint density at radius 3 is 2.76 bits per heavy atom. The van der Waals surface area contributed by atoms with Gasteiger partial charge in [-0.05, 0) is 19.8 Å². The minimum absolute atomic E-state index is 0.181. The van der Waals surface area contributed by atoms with E-state index in [4.69, 9.17) is 5.11 Å². The van der Waals surface area contributed by atoms with Crippen LogP contribution in [-0.2, 0) is 9.59 Å². The van der Waals surface area contributed by atoms with E-state index in [0.717, 1.165) is 0 Å². The molecule has 1 heterocycles. The summed E-state index contributed by atoms with van der Waals surface area (Å²) in [5, 5.41) is 15.5. The summed E-state index contributed by atoms with van der Waals surface area (Å²) in [6, 6.07) is -0.484. The van der Waals surface area contributed by atoms with Crippen molar-refractivity contribution in [1.82, 2.24) is 20.1 Å². The molecule has 1 fully saturated rings. The summed E-state index contributed by atoms with van der Waals surface area (Å²) in [7, 11) is 0. The number of hydrogen-bond donors (Lipinski definition) is 2. The number of carbonyl (C=O) groups is 2. The molecule has 1 aliphatic carbocycles. The van der Waals surface area contributed by atoms with Crippen LogP contribution in [0, 0.1) is 5.41 Å². The van der Waals surface area contributed by atoms with E-state index in [0.29, 0.717) is 12.8 Å². The summed E-state index contributed by atoms with van der Waals surface area (Å²) in [5.41, 5.74) is -0.738. The molecular formula is C10H14N4O3. The van der Waals surface area contributed by atoms with Crippen LogP contribution in [0.5, 0.6) is 0 Å². The normalized spacial score (nSPS) is 18.4. The maximum atomic E-state index is 11.7. The van der Waals surface area contributed by atoms with Crippen LogP contribution < -0.4 is 5.32 Å². The Hall–Kier alpha value is -1.92. The molecule has 2 rings (SSSR count). The molecule has 1 amide bonds. The highest BCUT2D eigenvalue weighted by Crippen LogP contribution is 2.45. The van der Waals surface area contributed by atoms with Crippen LogP contribution in [0.1, 0.15) is 25.8 Å². The fourth-order valence-corrected chi connectivity index (χ4v) is 1.56. The van der Waals surface area contributed by atoms with Gasteiger partial charge >= 0.3 is 5.97 Å². The molecule has 0 aromatic carbocycles. The number of carboxylic acids is 1. The first kappa shape index (κ1) is 11.6.